The number of hydrogen-bond acceptors (Lipinski definition) is 5. The predicted molar refractivity (Wildman–Crippen MR) is 133 cm³/mol. The number of H-pyrrole nitrogens is 1. The van der Waals surface area contributed by atoms with Gasteiger partial charge < -0.3 is 14.6 Å². The second kappa shape index (κ2) is 10.2. The number of halogens is 1. The summed E-state index contributed by atoms with van der Waals surface area (Å²) in [4.78, 5) is 30.5. The number of esters is 1. The summed E-state index contributed by atoms with van der Waals surface area (Å²) in [6.45, 7) is 5.76. The molecule has 0 radical (unpaired) electrons. The van der Waals surface area contributed by atoms with Crippen molar-refractivity contribution in [3.05, 3.63) is 70.8 Å². The second-order valence-corrected chi connectivity index (χ2v) is 10.4. The maximum Gasteiger partial charge on any atom is 0.328 e. The van der Waals surface area contributed by atoms with E-state index in [1.807, 2.05) is 24.3 Å². The highest BCUT2D eigenvalue weighted by Gasteiger charge is 2.43. The van der Waals surface area contributed by atoms with E-state index in [1.165, 1.54) is 38.3 Å². The molecule has 1 aliphatic rings. The Kier molecular flexibility index (Phi) is 7.70. The third-order valence-electron chi connectivity index (χ3n) is 5.88. The molecule has 2 heterocycles. The van der Waals surface area contributed by atoms with Crippen LogP contribution in [0.25, 0.3) is 10.9 Å². The summed E-state index contributed by atoms with van der Waals surface area (Å²) in [5, 5.41) is 0.926. The van der Waals surface area contributed by atoms with Crippen molar-refractivity contribution in [2.24, 2.45) is 0 Å². The number of ether oxygens (including phenoxy) is 1. The average molecular weight is 506 g/mol. The standard InChI is InChI=1S/C24H28ClN3O5S/c1-6-16(34(31,32)27(3)4)12-11-15(2)23-22-18(17-9-7-8-10-19(17)26-22)13-20(24(30)33-5)28(23)21(29)14-25/h6-12,20,23,26H,2,13-14H2,1,3-5H3/b12-11-,16-6+/t20-,23+/m1/s1. The number of rotatable bonds is 7. The van der Waals surface area contributed by atoms with Crippen molar-refractivity contribution >= 4 is 44.4 Å². The Morgan fingerprint density at radius 2 is 1.97 bits per heavy atom. The van der Waals surface area contributed by atoms with E-state index in [2.05, 4.69) is 11.6 Å². The summed E-state index contributed by atoms with van der Waals surface area (Å²) in [5.41, 5.74) is 2.83. The van der Waals surface area contributed by atoms with Crippen LogP contribution in [0.4, 0.5) is 0 Å². The molecular weight excluding hydrogens is 478 g/mol. The number of alkyl halides is 1. The number of fused-ring (bicyclic) bond motifs is 3. The van der Waals surface area contributed by atoms with E-state index in [4.69, 9.17) is 16.3 Å². The first-order chi connectivity index (χ1) is 16.1. The fourth-order valence-corrected chi connectivity index (χ4v) is 5.29. The van der Waals surface area contributed by atoms with Gasteiger partial charge in [0.25, 0.3) is 0 Å². The summed E-state index contributed by atoms with van der Waals surface area (Å²) in [7, 11) is 0.484. The highest BCUT2D eigenvalue weighted by Crippen LogP contribution is 2.41. The fraction of sp³-hybridized carbons (Fsp3) is 0.333. The van der Waals surface area contributed by atoms with Crippen LogP contribution in [0.1, 0.15) is 24.2 Å². The summed E-state index contributed by atoms with van der Waals surface area (Å²) in [6.07, 6.45) is 4.71. The number of aromatic nitrogens is 1. The Bertz CT molecular complexity index is 1290. The Balaban J connectivity index is 2.17. The number of carbonyl (C=O) groups excluding carboxylic acids is 2. The normalized spacial score (nSPS) is 19.0. The van der Waals surface area contributed by atoms with Gasteiger partial charge in [-0.1, -0.05) is 36.9 Å². The number of nitrogens with one attached hydrogen (secondary N) is 1. The van der Waals surface area contributed by atoms with Crippen LogP contribution in [-0.2, 0) is 30.8 Å². The van der Waals surface area contributed by atoms with Crippen molar-refractivity contribution in [1.82, 2.24) is 14.2 Å². The molecule has 0 spiro atoms. The number of aromatic amines is 1. The molecule has 34 heavy (non-hydrogen) atoms. The lowest BCUT2D eigenvalue weighted by molar-refractivity contribution is -0.154. The molecule has 0 saturated carbocycles. The van der Waals surface area contributed by atoms with Gasteiger partial charge in [0.2, 0.25) is 15.9 Å². The third-order valence-corrected chi connectivity index (χ3v) is 8.04. The molecule has 182 valence electrons. The molecule has 1 N–H and O–H groups in total. The predicted octanol–water partition coefficient (Wildman–Crippen LogP) is 3.28. The number of hydrogen-bond donors (Lipinski definition) is 1. The summed E-state index contributed by atoms with van der Waals surface area (Å²) in [5.74, 6) is -1.38. The van der Waals surface area contributed by atoms with Crippen LogP contribution < -0.4 is 0 Å². The van der Waals surface area contributed by atoms with E-state index in [1.54, 1.807) is 13.0 Å². The topological polar surface area (TPSA) is 99.8 Å². The number of benzene rings is 1. The van der Waals surface area contributed by atoms with Crippen molar-refractivity contribution in [3.8, 4) is 0 Å². The van der Waals surface area contributed by atoms with E-state index in [0.29, 0.717) is 11.3 Å². The Hall–Kier alpha value is -2.88. The molecule has 10 heteroatoms. The molecule has 2 aromatic rings. The number of carbonyl (C=O) groups is 2. The fourth-order valence-electron chi connectivity index (χ4n) is 4.19. The smallest absolute Gasteiger partial charge is 0.328 e. The molecule has 1 amide bonds. The van der Waals surface area contributed by atoms with Gasteiger partial charge in [-0.05, 0) is 30.2 Å². The number of sulfonamides is 1. The first-order valence-electron chi connectivity index (χ1n) is 10.6. The van der Waals surface area contributed by atoms with Crippen molar-refractivity contribution in [3.63, 3.8) is 0 Å². The highest BCUT2D eigenvalue weighted by molar-refractivity contribution is 7.93. The zero-order valence-corrected chi connectivity index (χ0v) is 21.1. The van der Waals surface area contributed by atoms with Gasteiger partial charge in [0.15, 0.2) is 0 Å². The van der Waals surface area contributed by atoms with Gasteiger partial charge in [-0.15, -0.1) is 11.6 Å². The molecule has 0 saturated heterocycles. The first-order valence-corrected chi connectivity index (χ1v) is 12.6. The average Bonchev–Trinajstić information content (AvgIpc) is 3.20. The lowest BCUT2D eigenvalue weighted by Crippen LogP contribution is -2.52. The lowest BCUT2D eigenvalue weighted by Gasteiger charge is -2.40. The van der Waals surface area contributed by atoms with Gasteiger partial charge >= 0.3 is 5.97 Å². The molecule has 3 rings (SSSR count). The monoisotopic (exact) mass is 505 g/mol. The van der Waals surface area contributed by atoms with Crippen LogP contribution in [0.15, 0.2) is 59.6 Å². The minimum absolute atomic E-state index is 0.0751. The molecule has 1 aliphatic heterocycles. The Labute approximate surface area is 204 Å². The molecular formula is C24H28ClN3O5S. The zero-order chi connectivity index (χ0) is 25.2. The SMILES string of the molecule is C=C(/C=C\C(=C/C)S(=O)(=O)N(C)C)[C@H]1c2[nH]c3ccccc3c2C[C@H](C(=O)OC)N1C(=O)CCl. The zero-order valence-electron chi connectivity index (χ0n) is 19.5. The van der Waals surface area contributed by atoms with Crippen LogP contribution in [0.3, 0.4) is 0 Å². The maximum absolute atomic E-state index is 13.0. The van der Waals surface area contributed by atoms with Gasteiger partial charge in [0, 0.05) is 37.1 Å². The van der Waals surface area contributed by atoms with Gasteiger partial charge in [-0.25, -0.2) is 17.5 Å². The molecule has 0 fully saturated rings. The highest BCUT2D eigenvalue weighted by atomic mass is 35.5. The van der Waals surface area contributed by atoms with Gasteiger partial charge in [-0.2, -0.15) is 0 Å². The molecule has 1 aromatic heterocycles. The Morgan fingerprint density at radius 1 is 1.29 bits per heavy atom. The number of nitrogens with zero attached hydrogens (tertiary/aromatic N) is 2. The van der Waals surface area contributed by atoms with Crippen LogP contribution in [0, 0.1) is 0 Å². The molecule has 0 unspecified atom stereocenters. The van der Waals surface area contributed by atoms with Crippen LogP contribution in [-0.4, -0.2) is 67.6 Å². The van der Waals surface area contributed by atoms with Gasteiger partial charge in [0.05, 0.1) is 18.1 Å². The summed E-state index contributed by atoms with van der Waals surface area (Å²) in [6, 6.07) is 5.94. The van der Waals surface area contributed by atoms with Crippen LogP contribution >= 0.6 is 11.6 Å². The van der Waals surface area contributed by atoms with Gasteiger partial charge in [0.1, 0.15) is 11.9 Å². The number of para-hydroxylation sites is 1. The van der Waals surface area contributed by atoms with Crippen molar-refractivity contribution < 1.29 is 22.7 Å². The van der Waals surface area contributed by atoms with Crippen molar-refractivity contribution in [2.75, 3.05) is 27.1 Å². The summed E-state index contributed by atoms with van der Waals surface area (Å²) < 4.78 is 31.3. The van der Waals surface area contributed by atoms with Crippen molar-refractivity contribution in [1.29, 1.82) is 0 Å². The van der Waals surface area contributed by atoms with E-state index in [-0.39, 0.29) is 17.2 Å². The second-order valence-electron chi connectivity index (χ2n) is 8.03. The molecule has 0 bridgehead atoms. The first kappa shape index (κ1) is 25.7. The van der Waals surface area contributed by atoms with Crippen LogP contribution in [0.5, 0.6) is 0 Å². The maximum atomic E-state index is 13.0. The van der Waals surface area contributed by atoms with Crippen molar-refractivity contribution in [2.45, 2.75) is 25.4 Å². The largest absolute Gasteiger partial charge is 0.467 e. The quantitative estimate of drug-likeness (QED) is 0.353. The van der Waals surface area contributed by atoms with E-state index < -0.39 is 34.0 Å². The molecule has 0 aliphatic carbocycles. The number of methoxy groups -OCH3 is 1. The third kappa shape index (κ3) is 4.55. The van der Waals surface area contributed by atoms with E-state index >= 15 is 0 Å². The summed E-state index contributed by atoms with van der Waals surface area (Å²) >= 11 is 5.92. The van der Waals surface area contributed by atoms with Gasteiger partial charge in [-0.3, -0.25) is 4.79 Å². The molecule has 1 aromatic carbocycles. The molecule has 2 atom stereocenters. The number of allylic oxidation sites excluding steroid dienone is 2. The van der Waals surface area contributed by atoms with E-state index in [0.717, 1.165) is 20.8 Å². The minimum atomic E-state index is -3.68. The van der Waals surface area contributed by atoms with E-state index in [9.17, 15) is 18.0 Å². The minimum Gasteiger partial charge on any atom is -0.467 e. The Morgan fingerprint density at radius 3 is 2.56 bits per heavy atom. The van der Waals surface area contributed by atoms with Crippen LogP contribution in [0.2, 0.25) is 0 Å². The lowest BCUT2D eigenvalue weighted by atomic mass is 9.88. The molecule has 8 nitrogen and oxygen atoms in total. The number of amides is 1.